The van der Waals surface area contributed by atoms with Crippen molar-refractivity contribution in [3.05, 3.63) is 53.0 Å². The Morgan fingerprint density at radius 3 is 2.50 bits per heavy atom. The summed E-state index contributed by atoms with van der Waals surface area (Å²) in [5.41, 5.74) is 0. The zero-order valence-electron chi connectivity index (χ0n) is 11.4. The van der Waals surface area contributed by atoms with Crippen LogP contribution in [0.4, 0.5) is 4.39 Å². The van der Waals surface area contributed by atoms with Gasteiger partial charge in [-0.2, -0.15) is 4.72 Å². The number of hydrogen-bond donors (Lipinski definition) is 2. The molecule has 126 valence electrons. The molecule has 0 aliphatic heterocycles. The molecule has 1 atom stereocenters. The number of rotatable bonds is 6. The van der Waals surface area contributed by atoms with Gasteiger partial charge in [-0.05, 0) is 52.3 Å². The number of hydrogen-bond acceptors (Lipinski definition) is 5. The van der Waals surface area contributed by atoms with Gasteiger partial charge in [0, 0.05) is 6.20 Å². The molecule has 12 heteroatoms. The van der Waals surface area contributed by atoms with Crippen molar-refractivity contribution < 1.29 is 26.8 Å². The van der Waals surface area contributed by atoms with E-state index in [0.717, 1.165) is 24.3 Å². The van der Waals surface area contributed by atoms with E-state index >= 15 is 0 Å². The van der Waals surface area contributed by atoms with Crippen LogP contribution in [0.2, 0.25) is 0 Å². The summed E-state index contributed by atoms with van der Waals surface area (Å²) >= 11 is 3.04. The average Bonchev–Trinajstić information content (AvgIpc) is 2.48. The molecule has 0 fully saturated rings. The fraction of sp³-hybridized carbons (Fsp3) is 0.0833. The Hall–Kier alpha value is -0.320. The van der Waals surface area contributed by atoms with Gasteiger partial charge in [0.2, 0.25) is 10.0 Å². The van der Waals surface area contributed by atoms with Gasteiger partial charge in [0.1, 0.15) is 16.7 Å². The molecule has 24 heavy (non-hydrogen) atoms. The monoisotopic (exact) mass is 448 g/mol. The van der Waals surface area contributed by atoms with Crippen molar-refractivity contribution in [2.45, 2.75) is 4.90 Å². The van der Waals surface area contributed by atoms with Crippen LogP contribution >= 0.6 is 23.5 Å². The summed E-state index contributed by atoms with van der Waals surface area (Å²) in [6.07, 6.45) is 0.588. The topological polar surface area (TPSA) is 106 Å². The number of halogens is 2. The van der Waals surface area contributed by atoms with E-state index in [4.69, 9.17) is 4.52 Å². The summed E-state index contributed by atoms with van der Waals surface area (Å²) in [6.45, 7) is 0. The first-order valence-electron chi connectivity index (χ1n) is 6.07. The molecule has 1 heterocycles. The van der Waals surface area contributed by atoms with E-state index in [1.165, 1.54) is 18.3 Å². The first-order chi connectivity index (χ1) is 10.7. The number of aromatic nitrogens is 1. The van der Waals surface area contributed by atoms with Crippen LogP contribution in [0.5, 0.6) is 5.75 Å². The summed E-state index contributed by atoms with van der Waals surface area (Å²) in [5, 5.41) is 0. The molecule has 0 radical (unpaired) electrons. The van der Waals surface area contributed by atoms with Gasteiger partial charge < -0.3 is 9.42 Å². The Bertz CT molecular complexity index is 853. The van der Waals surface area contributed by atoms with E-state index in [1.807, 2.05) is 4.72 Å². The van der Waals surface area contributed by atoms with Crippen LogP contribution in [0.25, 0.3) is 0 Å². The number of nitrogens with one attached hydrogen (secondary N) is 1. The van der Waals surface area contributed by atoms with Gasteiger partial charge in [0.05, 0.1) is 4.90 Å². The van der Waals surface area contributed by atoms with Gasteiger partial charge >= 0.3 is 37.2 Å². The van der Waals surface area contributed by atoms with E-state index < -0.39 is 29.7 Å². The number of pyridine rings is 1. The maximum absolute atomic E-state index is 12.8. The molecule has 2 N–H and O–H groups in total. The molecule has 0 amide bonds. The molecular formula is C12H12BrFN2NaO5PS. The minimum atomic E-state index is -4.30. The van der Waals surface area contributed by atoms with E-state index in [2.05, 4.69) is 20.9 Å². The van der Waals surface area contributed by atoms with Crippen molar-refractivity contribution in [2.75, 3.05) is 6.29 Å². The second-order valence-corrected chi connectivity index (χ2v) is 8.57. The molecule has 1 unspecified atom stereocenters. The van der Waals surface area contributed by atoms with Crippen molar-refractivity contribution in [3.8, 4) is 5.75 Å². The molecule has 7 nitrogen and oxygen atoms in total. The fourth-order valence-corrected chi connectivity index (χ4v) is 4.46. The van der Waals surface area contributed by atoms with E-state index in [0.29, 0.717) is 0 Å². The summed E-state index contributed by atoms with van der Waals surface area (Å²) in [4.78, 5) is 13.3. The Labute approximate surface area is 168 Å². The Morgan fingerprint density at radius 2 is 1.92 bits per heavy atom. The summed E-state index contributed by atoms with van der Waals surface area (Å²) in [5.74, 6) is -0.596. The molecule has 1 aromatic carbocycles. The number of sulfonamides is 1. The zero-order chi connectivity index (χ0) is 17.1. The molecule has 0 bridgehead atoms. The SMILES string of the molecule is O=P(O)(CNS(=O)(=O)c1ccc(F)cc1)Oc1cccnc1Br.[NaH]. The molecule has 2 rings (SSSR count). The van der Waals surface area contributed by atoms with Crippen LogP contribution in [-0.4, -0.2) is 54.1 Å². The predicted molar refractivity (Wildman–Crippen MR) is 91.1 cm³/mol. The Kier molecular flexibility index (Phi) is 8.02. The Morgan fingerprint density at radius 1 is 1.29 bits per heavy atom. The van der Waals surface area contributed by atoms with Crippen LogP contribution < -0.4 is 9.25 Å². The van der Waals surface area contributed by atoms with Gasteiger partial charge in [0.25, 0.3) is 0 Å². The third-order valence-electron chi connectivity index (χ3n) is 2.54. The number of benzene rings is 1. The van der Waals surface area contributed by atoms with Crippen LogP contribution in [0.3, 0.4) is 0 Å². The van der Waals surface area contributed by atoms with Crippen molar-refractivity contribution in [1.29, 1.82) is 0 Å². The molecule has 0 spiro atoms. The van der Waals surface area contributed by atoms with Crippen molar-refractivity contribution in [3.63, 3.8) is 0 Å². The maximum atomic E-state index is 12.8. The molecular weight excluding hydrogens is 437 g/mol. The predicted octanol–water partition coefficient (Wildman–Crippen LogP) is 1.83. The second-order valence-electron chi connectivity index (χ2n) is 4.28. The normalized spacial score (nSPS) is 13.6. The zero-order valence-corrected chi connectivity index (χ0v) is 14.7. The summed E-state index contributed by atoms with van der Waals surface area (Å²) < 4.78 is 55.8. The number of nitrogens with zero attached hydrogens (tertiary/aromatic N) is 1. The second kappa shape index (κ2) is 8.86. The van der Waals surface area contributed by atoms with Crippen molar-refractivity contribution in [2.24, 2.45) is 0 Å². The molecule has 0 saturated heterocycles. The molecule has 0 aliphatic rings. The quantitative estimate of drug-likeness (QED) is 0.396. The summed E-state index contributed by atoms with van der Waals surface area (Å²) in [6, 6.07) is 6.90. The standard InChI is InChI=1S/C12H11BrFN2O5PS.Na.H/c13-12-11(2-1-7-15-12)21-22(17,18)8-16-23(19,20)10-5-3-9(14)4-6-10;;/h1-7,16H,8H2,(H,17,18);;. The molecule has 0 aliphatic carbocycles. The molecule has 2 aromatic rings. The van der Waals surface area contributed by atoms with E-state index in [9.17, 15) is 22.3 Å². The van der Waals surface area contributed by atoms with Gasteiger partial charge in [-0.1, -0.05) is 0 Å². The van der Waals surface area contributed by atoms with Crippen LogP contribution in [0, 0.1) is 5.82 Å². The van der Waals surface area contributed by atoms with Gasteiger partial charge in [-0.3, -0.25) is 0 Å². The Balaban J connectivity index is 0.00000288. The average molecular weight is 449 g/mol. The van der Waals surface area contributed by atoms with E-state index in [1.54, 1.807) is 0 Å². The fourth-order valence-electron chi connectivity index (χ4n) is 1.49. The van der Waals surface area contributed by atoms with Gasteiger partial charge in [-0.25, -0.2) is 22.4 Å². The van der Waals surface area contributed by atoms with E-state index in [-0.39, 0.29) is 44.8 Å². The molecule has 0 saturated carbocycles. The summed E-state index contributed by atoms with van der Waals surface area (Å²) in [7, 11) is -8.37. The first-order valence-corrected chi connectivity index (χ1v) is 10.1. The first kappa shape index (κ1) is 21.7. The van der Waals surface area contributed by atoms with Crippen LogP contribution in [-0.2, 0) is 14.6 Å². The van der Waals surface area contributed by atoms with Crippen LogP contribution in [0.15, 0.2) is 52.1 Å². The van der Waals surface area contributed by atoms with Gasteiger partial charge in [-0.15, -0.1) is 0 Å². The third kappa shape index (κ3) is 6.20. The van der Waals surface area contributed by atoms with Gasteiger partial charge in [0.15, 0.2) is 5.75 Å². The minimum absolute atomic E-state index is 0. The van der Waals surface area contributed by atoms with Crippen molar-refractivity contribution >= 4 is 63.1 Å². The van der Waals surface area contributed by atoms with Crippen LogP contribution in [0.1, 0.15) is 0 Å². The molecule has 1 aromatic heterocycles. The van der Waals surface area contributed by atoms with Crippen molar-refractivity contribution in [1.82, 2.24) is 9.71 Å². The third-order valence-corrected chi connectivity index (χ3v) is 5.81.